The van der Waals surface area contributed by atoms with Gasteiger partial charge >= 0.3 is 18.1 Å². The predicted molar refractivity (Wildman–Crippen MR) is 75.5 cm³/mol. The molecule has 0 saturated heterocycles. The Morgan fingerprint density at radius 3 is 2.12 bits per heavy atom. The number of aryl methyl sites for hydroxylation is 1. The number of hydrogen-bond acceptors (Lipinski definition) is 2. The first kappa shape index (κ1) is 17.5. The summed E-state index contributed by atoms with van der Waals surface area (Å²) in [5.74, 6) is -4.36. The van der Waals surface area contributed by atoms with Gasteiger partial charge < -0.3 is 10.2 Å². The number of rotatable bonds is 3. The van der Waals surface area contributed by atoms with Crippen LogP contribution < -0.4 is 0 Å². The molecule has 24 heavy (non-hydrogen) atoms. The van der Waals surface area contributed by atoms with Gasteiger partial charge in [-0.3, -0.25) is 0 Å². The maximum atomic E-state index is 13.4. The van der Waals surface area contributed by atoms with Crippen molar-refractivity contribution in [3.63, 3.8) is 0 Å². The lowest BCUT2D eigenvalue weighted by Gasteiger charge is -2.14. The number of carbonyl (C=O) groups is 2. The van der Waals surface area contributed by atoms with Crippen LogP contribution in [0.1, 0.15) is 31.8 Å². The van der Waals surface area contributed by atoms with Gasteiger partial charge in [0.25, 0.3) is 0 Å². The second-order valence-corrected chi connectivity index (χ2v) is 5.02. The third kappa shape index (κ3) is 3.22. The largest absolute Gasteiger partial charge is 0.478 e. The fourth-order valence-electron chi connectivity index (χ4n) is 2.36. The summed E-state index contributed by atoms with van der Waals surface area (Å²) >= 11 is 0. The molecule has 126 valence electrons. The highest BCUT2D eigenvalue weighted by Gasteiger charge is 2.34. The van der Waals surface area contributed by atoms with Crippen LogP contribution in [0.5, 0.6) is 0 Å². The van der Waals surface area contributed by atoms with E-state index < -0.39 is 35.1 Å². The molecule has 2 N–H and O–H groups in total. The highest BCUT2D eigenvalue weighted by molar-refractivity contribution is 6.00. The molecule has 0 aliphatic carbocycles. The zero-order chi connectivity index (χ0) is 18.2. The van der Waals surface area contributed by atoms with Gasteiger partial charge in [-0.1, -0.05) is 6.07 Å². The van der Waals surface area contributed by atoms with E-state index in [0.717, 1.165) is 18.2 Å². The number of carboxylic acid groups (broad SMARTS) is 2. The van der Waals surface area contributed by atoms with Crippen LogP contribution in [0.15, 0.2) is 30.3 Å². The minimum absolute atomic E-state index is 0.0991. The van der Waals surface area contributed by atoms with Gasteiger partial charge in [0.2, 0.25) is 0 Å². The Kier molecular flexibility index (Phi) is 4.33. The molecule has 0 radical (unpaired) electrons. The first-order valence-corrected chi connectivity index (χ1v) is 6.50. The Morgan fingerprint density at radius 2 is 1.62 bits per heavy atom. The van der Waals surface area contributed by atoms with Gasteiger partial charge in [0.1, 0.15) is 5.82 Å². The average Bonchev–Trinajstić information content (AvgIpc) is 2.45. The summed E-state index contributed by atoms with van der Waals surface area (Å²) in [7, 11) is 0. The van der Waals surface area contributed by atoms with E-state index >= 15 is 0 Å². The minimum Gasteiger partial charge on any atom is -0.478 e. The van der Waals surface area contributed by atoms with Crippen LogP contribution in [0.25, 0.3) is 11.1 Å². The fourth-order valence-corrected chi connectivity index (χ4v) is 2.36. The molecule has 0 amide bonds. The molecular formula is C16H10F4O4. The lowest BCUT2D eigenvalue weighted by molar-refractivity contribution is -0.139. The molecule has 8 heteroatoms. The van der Waals surface area contributed by atoms with E-state index in [2.05, 4.69) is 0 Å². The van der Waals surface area contributed by atoms with Gasteiger partial charge in [0.05, 0.1) is 16.7 Å². The molecule has 2 aromatic rings. The van der Waals surface area contributed by atoms with Crippen LogP contribution in [-0.4, -0.2) is 22.2 Å². The number of hydrogen-bond donors (Lipinski definition) is 2. The fraction of sp³-hybridized carbons (Fsp3) is 0.125. The van der Waals surface area contributed by atoms with E-state index in [1.54, 1.807) is 0 Å². The summed E-state index contributed by atoms with van der Waals surface area (Å²) < 4.78 is 51.9. The van der Waals surface area contributed by atoms with Crippen LogP contribution in [-0.2, 0) is 6.18 Å². The lowest BCUT2D eigenvalue weighted by atomic mass is 9.91. The van der Waals surface area contributed by atoms with Gasteiger partial charge in [-0.05, 0) is 47.9 Å². The van der Waals surface area contributed by atoms with Crippen LogP contribution >= 0.6 is 0 Å². The molecular weight excluding hydrogens is 332 g/mol. The number of aromatic carboxylic acids is 2. The molecule has 0 saturated carbocycles. The van der Waals surface area contributed by atoms with Crippen molar-refractivity contribution in [1.82, 2.24) is 0 Å². The van der Waals surface area contributed by atoms with Crippen molar-refractivity contribution in [2.75, 3.05) is 0 Å². The average molecular weight is 342 g/mol. The van der Waals surface area contributed by atoms with Crippen LogP contribution in [0.2, 0.25) is 0 Å². The monoisotopic (exact) mass is 342 g/mol. The number of alkyl halides is 3. The van der Waals surface area contributed by atoms with E-state index in [1.165, 1.54) is 6.92 Å². The number of benzene rings is 2. The summed E-state index contributed by atoms with van der Waals surface area (Å²) in [5, 5.41) is 18.2. The van der Waals surface area contributed by atoms with Crippen molar-refractivity contribution < 1.29 is 37.4 Å². The lowest BCUT2D eigenvalue weighted by Crippen LogP contribution is -2.10. The molecule has 0 bridgehead atoms. The van der Waals surface area contributed by atoms with E-state index in [-0.39, 0.29) is 22.3 Å². The van der Waals surface area contributed by atoms with Gasteiger partial charge in [-0.25, -0.2) is 14.0 Å². The normalized spacial score (nSPS) is 11.4. The minimum atomic E-state index is -4.95. The molecule has 0 aliphatic rings. The van der Waals surface area contributed by atoms with Crippen molar-refractivity contribution in [2.45, 2.75) is 13.1 Å². The standard InChI is InChI=1S/C16H10F4O4/c1-7-4-9(14(21)22)5-10(15(23)24)13(7)8-2-3-12(17)11(6-8)16(18,19)20/h2-6H,1H3,(H,21,22)(H,23,24). The van der Waals surface area contributed by atoms with Gasteiger partial charge in [0.15, 0.2) is 0 Å². The maximum absolute atomic E-state index is 13.4. The zero-order valence-electron chi connectivity index (χ0n) is 12.1. The van der Waals surface area contributed by atoms with Crippen LogP contribution in [0.3, 0.4) is 0 Å². The molecule has 0 spiro atoms. The predicted octanol–water partition coefficient (Wildman–Crippen LogP) is 4.22. The zero-order valence-corrected chi connectivity index (χ0v) is 12.1. The Labute approximate surface area is 133 Å². The number of carboxylic acids is 2. The van der Waals surface area contributed by atoms with Crippen molar-refractivity contribution in [3.05, 3.63) is 58.4 Å². The Hall–Kier alpha value is -2.90. The first-order chi connectivity index (χ1) is 11.0. The van der Waals surface area contributed by atoms with Crippen LogP contribution in [0, 0.1) is 12.7 Å². The molecule has 0 heterocycles. The summed E-state index contributed by atoms with van der Waals surface area (Å²) in [4.78, 5) is 22.4. The van der Waals surface area contributed by atoms with Gasteiger partial charge in [0, 0.05) is 0 Å². The van der Waals surface area contributed by atoms with E-state index in [9.17, 15) is 32.3 Å². The third-order valence-electron chi connectivity index (χ3n) is 3.37. The molecule has 0 aliphatic heterocycles. The molecule has 0 fully saturated rings. The molecule has 0 aromatic heterocycles. The Morgan fingerprint density at radius 1 is 1.00 bits per heavy atom. The van der Waals surface area contributed by atoms with E-state index in [1.807, 2.05) is 0 Å². The second kappa shape index (κ2) is 5.95. The Bertz CT molecular complexity index is 841. The number of halogens is 4. The smallest absolute Gasteiger partial charge is 0.419 e. The molecule has 0 unspecified atom stereocenters. The summed E-state index contributed by atoms with van der Waals surface area (Å²) in [6.45, 7) is 1.37. The SMILES string of the molecule is Cc1cc(C(=O)O)cc(C(=O)O)c1-c1ccc(F)c(C(F)(F)F)c1. The quantitative estimate of drug-likeness (QED) is 0.819. The van der Waals surface area contributed by atoms with Gasteiger partial charge in [-0.15, -0.1) is 0 Å². The molecule has 0 atom stereocenters. The summed E-state index contributed by atoms with van der Waals surface area (Å²) in [6, 6.07) is 4.10. The highest BCUT2D eigenvalue weighted by atomic mass is 19.4. The second-order valence-electron chi connectivity index (χ2n) is 5.02. The topological polar surface area (TPSA) is 74.6 Å². The summed E-state index contributed by atoms with van der Waals surface area (Å²) in [6.07, 6.45) is -4.95. The van der Waals surface area contributed by atoms with Crippen molar-refractivity contribution in [3.8, 4) is 11.1 Å². The third-order valence-corrected chi connectivity index (χ3v) is 3.37. The van der Waals surface area contributed by atoms with E-state index in [0.29, 0.717) is 12.1 Å². The molecule has 2 aromatic carbocycles. The first-order valence-electron chi connectivity index (χ1n) is 6.50. The Balaban J connectivity index is 2.78. The highest BCUT2D eigenvalue weighted by Crippen LogP contribution is 2.36. The van der Waals surface area contributed by atoms with Crippen LogP contribution in [0.4, 0.5) is 17.6 Å². The molecule has 2 rings (SSSR count). The summed E-state index contributed by atoms with van der Waals surface area (Å²) in [5.41, 5.74) is -2.45. The van der Waals surface area contributed by atoms with Crippen molar-refractivity contribution >= 4 is 11.9 Å². The van der Waals surface area contributed by atoms with Crippen molar-refractivity contribution in [1.29, 1.82) is 0 Å². The van der Waals surface area contributed by atoms with E-state index in [4.69, 9.17) is 5.11 Å². The van der Waals surface area contributed by atoms with Crippen molar-refractivity contribution in [2.24, 2.45) is 0 Å². The maximum Gasteiger partial charge on any atom is 0.419 e. The van der Waals surface area contributed by atoms with Gasteiger partial charge in [-0.2, -0.15) is 13.2 Å². The molecule has 4 nitrogen and oxygen atoms in total.